The van der Waals surface area contributed by atoms with Crippen LogP contribution in [0.25, 0.3) is 10.1 Å². The molecule has 0 radical (unpaired) electrons. The lowest BCUT2D eigenvalue weighted by atomic mass is 10.1. The number of fused-ring (bicyclic) bond motifs is 1. The van der Waals surface area contributed by atoms with E-state index in [0.29, 0.717) is 0 Å². The van der Waals surface area contributed by atoms with Crippen molar-refractivity contribution in [1.29, 1.82) is 0 Å². The van der Waals surface area contributed by atoms with Crippen LogP contribution in [0.15, 0.2) is 23.6 Å². The average Bonchev–Trinajstić information content (AvgIpc) is 2.60. The van der Waals surface area contributed by atoms with Crippen LogP contribution in [0.2, 0.25) is 0 Å². The Labute approximate surface area is 87.3 Å². The van der Waals surface area contributed by atoms with Crippen molar-refractivity contribution in [1.82, 2.24) is 0 Å². The highest BCUT2D eigenvalue weighted by molar-refractivity contribution is 7.17. The summed E-state index contributed by atoms with van der Waals surface area (Å²) in [6, 6.07) is 6.15. The minimum atomic E-state index is 0.0795. The van der Waals surface area contributed by atoms with Gasteiger partial charge in [0.2, 0.25) is 0 Å². The Kier molecular flexibility index (Phi) is 2.44. The number of thiophene rings is 1. The molecule has 1 atom stereocenters. The van der Waals surface area contributed by atoms with Crippen molar-refractivity contribution < 1.29 is 4.74 Å². The molecule has 0 aliphatic rings. The summed E-state index contributed by atoms with van der Waals surface area (Å²) in [5.74, 6) is 0.930. The second kappa shape index (κ2) is 3.59. The van der Waals surface area contributed by atoms with Crippen molar-refractivity contribution in [3.63, 3.8) is 0 Å². The Morgan fingerprint density at radius 1 is 1.43 bits per heavy atom. The summed E-state index contributed by atoms with van der Waals surface area (Å²) in [6.45, 7) is 2.00. The predicted octanol–water partition coefficient (Wildman–Crippen LogP) is 2.93. The quantitative estimate of drug-likeness (QED) is 0.821. The Hall–Kier alpha value is -1.06. The molecule has 14 heavy (non-hydrogen) atoms. The molecular formula is C11H13NOS. The molecule has 0 fully saturated rings. The normalized spacial score (nSPS) is 13.1. The lowest BCUT2D eigenvalue weighted by Gasteiger charge is -2.04. The first-order chi connectivity index (χ1) is 6.74. The zero-order chi connectivity index (χ0) is 10.1. The molecule has 1 aromatic heterocycles. The maximum atomic E-state index is 5.88. The zero-order valence-corrected chi connectivity index (χ0v) is 9.10. The van der Waals surface area contributed by atoms with Gasteiger partial charge in [0.25, 0.3) is 0 Å². The van der Waals surface area contributed by atoms with E-state index in [2.05, 4.69) is 11.4 Å². The van der Waals surface area contributed by atoms with Gasteiger partial charge >= 0.3 is 0 Å². The molecule has 74 valence electrons. The van der Waals surface area contributed by atoms with Gasteiger partial charge in [0.1, 0.15) is 5.75 Å². The summed E-state index contributed by atoms with van der Waals surface area (Å²) in [7, 11) is 1.69. The van der Waals surface area contributed by atoms with E-state index in [4.69, 9.17) is 10.5 Å². The van der Waals surface area contributed by atoms with Crippen molar-refractivity contribution in [2.24, 2.45) is 5.73 Å². The van der Waals surface area contributed by atoms with Crippen molar-refractivity contribution in [3.05, 3.63) is 29.1 Å². The van der Waals surface area contributed by atoms with Crippen LogP contribution in [0.4, 0.5) is 0 Å². The molecular weight excluding hydrogens is 194 g/mol. The Morgan fingerprint density at radius 3 is 2.86 bits per heavy atom. The summed E-state index contributed by atoms with van der Waals surface area (Å²) in [6.07, 6.45) is 0. The monoisotopic (exact) mass is 207 g/mol. The summed E-state index contributed by atoms with van der Waals surface area (Å²) in [5.41, 5.74) is 7.08. The molecule has 0 saturated carbocycles. The van der Waals surface area contributed by atoms with Crippen molar-refractivity contribution >= 4 is 21.4 Å². The number of benzene rings is 1. The fourth-order valence-electron chi connectivity index (χ4n) is 1.56. The van der Waals surface area contributed by atoms with Gasteiger partial charge in [-0.2, -0.15) is 0 Å². The van der Waals surface area contributed by atoms with E-state index in [1.54, 1.807) is 18.4 Å². The van der Waals surface area contributed by atoms with Crippen LogP contribution in [0, 0.1) is 0 Å². The van der Waals surface area contributed by atoms with E-state index in [0.717, 1.165) is 5.75 Å². The number of ether oxygens (including phenoxy) is 1. The molecule has 0 saturated heterocycles. The van der Waals surface area contributed by atoms with Gasteiger partial charge in [-0.3, -0.25) is 0 Å². The zero-order valence-electron chi connectivity index (χ0n) is 8.28. The van der Waals surface area contributed by atoms with Crippen molar-refractivity contribution in [3.8, 4) is 5.75 Å². The van der Waals surface area contributed by atoms with E-state index in [1.807, 2.05) is 19.1 Å². The van der Waals surface area contributed by atoms with Crippen molar-refractivity contribution in [2.45, 2.75) is 13.0 Å². The molecule has 1 unspecified atom stereocenters. The second-order valence-corrected chi connectivity index (χ2v) is 4.20. The van der Waals surface area contributed by atoms with Crippen molar-refractivity contribution in [2.75, 3.05) is 7.11 Å². The van der Waals surface area contributed by atoms with Gasteiger partial charge in [0, 0.05) is 11.4 Å². The average molecular weight is 207 g/mol. The third-order valence-electron chi connectivity index (χ3n) is 2.30. The largest absolute Gasteiger partial charge is 0.495 e. The van der Waals surface area contributed by atoms with E-state index in [9.17, 15) is 0 Å². The lowest BCUT2D eigenvalue weighted by Crippen LogP contribution is -2.03. The van der Waals surface area contributed by atoms with Crippen LogP contribution >= 0.6 is 11.3 Å². The minimum Gasteiger partial charge on any atom is -0.495 e. The Bertz CT molecular complexity index is 447. The molecule has 3 heteroatoms. The molecule has 2 N–H and O–H groups in total. The Morgan fingerprint density at radius 2 is 2.21 bits per heavy atom. The predicted molar refractivity (Wildman–Crippen MR) is 61.0 cm³/mol. The van der Waals surface area contributed by atoms with E-state index in [1.165, 1.54) is 15.6 Å². The number of hydrogen-bond acceptors (Lipinski definition) is 3. The standard InChI is InChI=1S/C11H13NOS/c1-7(12)9-6-14-11-8(9)4-3-5-10(11)13-2/h3-7H,12H2,1-2H3. The highest BCUT2D eigenvalue weighted by Crippen LogP contribution is 2.35. The first kappa shape index (κ1) is 9.49. The van der Waals surface area contributed by atoms with Crippen LogP contribution in [-0.4, -0.2) is 7.11 Å². The van der Waals surface area contributed by atoms with Gasteiger partial charge in [-0.1, -0.05) is 12.1 Å². The fraction of sp³-hybridized carbons (Fsp3) is 0.273. The summed E-state index contributed by atoms with van der Waals surface area (Å²) >= 11 is 1.69. The van der Waals surface area contributed by atoms with Crippen LogP contribution in [0.1, 0.15) is 18.5 Å². The molecule has 1 aromatic carbocycles. The first-order valence-corrected chi connectivity index (χ1v) is 5.41. The molecule has 0 amide bonds. The van der Waals surface area contributed by atoms with E-state index in [-0.39, 0.29) is 6.04 Å². The Balaban J connectivity index is 2.69. The molecule has 1 heterocycles. The van der Waals surface area contributed by atoms with E-state index < -0.39 is 0 Å². The smallest absolute Gasteiger partial charge is 0.136 e. The number of hydrogen-bond donors (Lipinski definition) is 1. The topological polar surface area (TPSA) is 35.2 Å². The van der Waals surface area contributed by atoms with Gasteiger partial charge in [-0.05, 0) is 23.9 Å². The van der Waals surface area contributed by atoms with Crippen LogP contribution in [-0.2, 0) is 0 Å². The summed E-state index contributed by atoms with van der Waals surface area (Å²) in [4.78, 5) is 0. The van der Waals surface area contributed by atoms with Gasteiger partial charge < -0.3 is 10.5 Å². The second-order valence-electron chi connectivity index (χ2n) is 3.32. The van der Waals surface area contributed by atoms with Crippen LogP contribution in [0.3, 0.4) is 0 Å². The molecule has 2 aromatic rings. The molecule has 0 spiro atoms. The first-order valence-electron chi connectivity index (χ1n) is 4.53. The highest BCUT2D eigenvalue weighted by Gasteiger charge is 2.10. The van der Waals surface area contributed by atoms with Gasteiger partial charge in [-0.15, -0.1) is 11.3 Å². The maximum absolute atomic E-state index is 5.88. The maximum Gasteiger partial charge on any atom is 0.136 e. The highest BCUT2D eigenvalue weighted by atomic mass is 32.1. The lowest BCUT2D eigenvalue weighted by molar-refractivity contribution is 0.420. The third kappa shape index (κ3) is 1.38. The molecule has 2 nitrogen and oxygen atoms in total. The number of methoxy groups -OCH3 is 1. The number of nitrogens with two attached hydrogens (primary N) is 1. The van der Waals surface area contributed by atoms with Gasteiger partial charge in [0.05, 0.1) is 11.8 Å². The van der Waals surface area contributed by atoms with Crippen LogP contribution in [0.5, 0.6) is 5.75 Å². The molecule has 0 bridgehead atoms. The summed E-state index contributed by atoms with van der Waals surface area (Å²) in [5, 5.41) is 3.32. The number of rotatable bonds is 2. The molecule has 0 aliphatic carbocycles. The minimum absolute atomic E-state index is 0.0795. The summed E-state index contributed by atoms with van der Waals surface area (Å²) < 4.78 is 6.47. The van der Waals surface area contributed by atoms with Crippen LogP contribution < -0.4 is 10.5 Å². The van der Waals surface area contributed by atoms with Gasteiger partial charge in [0.15, 0.2) is 0 Å². The van der Waals surface area contributed by atoms with E-state index >= 15 is 0 Å². The molecule has 0 aliphatic heterocycles. The molecule has 2 rings (SSSR count). The van der Waals surface area contributed by atoms with Gasteiger partial charge in [-0.25, -0.2) is 0 Å². The SMILES string of the molecule is COc1cccc2c(C(C)N)csc12. The third-order valence-corrected chi connectivity index (χ3v) is 3.33. The fourth-order valence-corrected chi connectivity index (χ4v) is 2.73.